The van der Waals surface area contributed by atoms with Crippen LogP contribution in [0, 0.1) is 17.5 Å². The first-order valence-corrected chi connectivity index (χ1v) is 8.21. The first-order valence-electron chi connectivity index (χ1n) is 7.83. The quantitative estimate of drug-likeness (QED) is 0.670. The summed E-state index contributed by atoms with van der Waals surface area (Å²) in [5.74, 6) is -2.75. The van der Waals surface area contributed by atoms with Crippen molar-refractivity contribution in [3.63, 3.8) is 0 Å². The lowest BCUT2D eigenvalue weighted by Crippen LogP contribution is -2.50. The fraction of sp³-hybridized carbons (Fsp3) is 0.294. The molecule has 142 valence electrons. The minimum absolute atomic E-state index is 0.228. The number of aliphatic hydroxyl groups is 1. The second-order valence-corrected chi connectivity index (χ2v) is 6.89. The lowest BCUT2D eigenvalue weighted by Gasteiger charge is -2.42. The Morgan fingerprint density at radius 3 is 2.52 bits per heavy atom. The van der Waals surface area contributed by atoms with Crippen LogP contribution in [0.2, 0.25) is 5.15 Å². The monoisotopic (exact) mass is 397 g/mol. The molecule has 3 aromatic rings. The average molecular weight is 398 g/mol. The van der Waals surface area contributed by atoms with Gasteiger partial charge in [0.25, 0.3) is 0 Å². The number of rotatable bonds is 5. The number of hydrogen-bond donors (Lipinski definition) is 1. The van der Waals surface area contributed by atoms with Gasteiger partial charge in [-0.25, -0.2) is 32.8 Å². The summed E-state index contributed by atoms with van der Waals surface area (Å²) in [6, 6.07) is 2.75. The van der Waals surface area contributed by atoms with Crippen molar-refractivity contribution in [3.05, 3.63) is 71.0 Å². The summed E-state index contributed by atoms with van der Waals surface area (Å²) in [5, 5.41) is 15.1. The highest BCUT2D eigenvalue weighted by Crippen LogP contribution is 2.44. The lowest BCUT2D eigenvalue weighted by molar-refractivity contribution is -0.0556. The van der Waals surface area contributed by atoms with Gasteiger partial charge in [-0.15, -0.1) is 0 Å². The highest BCUT2D eigenvalue weighted by molar-refractivity contribution is 6.29. The molecular formula is C17H15ClF3N5O. The highest BCUT2D eigenvalue weighted by Gasteiger charge is 2.50. The summed E-state index contributed by atoms with van der Waals surface area (Å²) >= 11 is 5.75. The van der Waals surface area contributed by atoms with Crippen molar-refractivity contribution in [2.45, 2.75) is 31.4 Å². The molecule has 6 nitrogen and oxygen atoms in total. The Labute approximate surface area is 157 Å². The maximum absolute atomic E-state index is 14.6. The van der Waals surface area contributed by atoms with E-state index in [-0.39, 0.29) is 17.8 Å². The molecule has 0 amide bonds. The minimum Gasteiger partial charge on any atom is -0.382 e. The Morgan fingerprint density at radius 2 is 1.89 bits per heavy atom. The van der Waals surface area contributed by atoms with E-state index in [2.05, 4.69) is 20.1 Å². The molecule has 1 aromatic carbocycles. The molecule has 0 radical (unpaired) electrons. The van der Waals surface area contributed by atoms with Crippen molar-refractivity contribution >= 4 is 11.6 Å². The number of nitrogens with zero attached hydrogens (tertiary/aromatic N) is 5. The standard InChI is InChI=1S/C17H15ClF3N5O/c1-16(2,14-13(21)15(18)24-8-23-14)17(27,6-26-9-22-7-25-26)11-4-3-10(19)5-12(11)20/h3-5,7-9,27H,6H2,1-2H3. The van der Waals surface area contributed by atoms with Crippen molar-refractivity contribution in [3.8, 4) is 0 Å². The fourth-order valence-corrected chi connectivity index (χ4v) is 3.11. The molecule has 0 bridgehead atoms. The molecule has 1 atom stereocenters. The molecule has 10 heteroatoms. The van der Waals surface area contributed by atoms with E-state index in [0.717, 1.165) is 18.5 Å². The van der Waals surface area contributed by atoms with Crippen LogP contribution in [0.3, 0.4) is 0 Å². The third kappa shape index (κ3) is 3.28. The predicted octanol–water partition coefficient (Wildman–Crippen LogP) is 3.00. The Morgan fingerprint density at radius 1 is 1.15 bits per heavy atom. The number of aromatic nitrogens is 5. The minimum atomic E-state index is -2.09. The normalized spacial score (nSPS) is 14.2. The molecule has 2 heterocycles. The molecule has 3 rings (SSSR count). The second kappa shape index (κ2) is 6.90. The molecule has 1 unspecified atom stereocenters. The van der Waals surface area contributed by atoms with Gasteiger partial charge in [-0.2, -0.15) is 5.10 Å². The van der Waals surface area contributed by atoms with E-state index in [1.165, 1.54) is 31.2 Å². The van der Waals surface area contributed by atoms with Crippen molar-refractivity contribution in [2.24, 2.45) is 0 Å². The molecule has 0 saturated carbocycles. The van der Waals surface area contributed by atoms with Crippen LogP contribution in [0.4, 0.5) is 13.2 Å². The molecule has 0 spiro atoms. The van der Waals surface area contributed by atoms with Gasteiger partial charge in [-0.05, 0) is 6.07 Å². The van der Waals surface area contributed by atoms with Crippen LogP contribution in [-0.4, -0.2) is 29.8 Å². The van der Waals surface area contributed by atoms with Crippen LogP contribution in [0.25, 0.3) is 0 Å². The van der Waals surface area contributed by atoms with E-state index >= 15 is 0 Å². The Kier molecular flexibility index (Phi) is 4.92. The maximum atomic E-state index is 14.6. The van der Waals surface area contributed by atoms with Crippen LogP contribution in [-0.2, 0) is 17.6 Å². The zero-order valence-corrected chi connectivity index (χ0v) is 15.1. The van der Waals surface area contributed by atoms with E-state index in [4.69, 9.17) is 11.6 Å². The molecule has 0 saturated heterocycles. The maximum Gasteiger partial charge on any atom is 0.182 e. The number of halogens is 4. The second-order valence-electron chi connectivity index (χ2n) is 6.53. The van der Waals surface area contributed by atoms with Crippen LogP contribution in [0.15, 0.2) is 37.2 Å². The zero-order valence-electron chi connectivity index (χ0n) is 14.4. The molecule has 0 aliphatic carbocycles. The van der Waals surface area contributed by atoms with Gasteiger partial charge in [0.05, 0.1) is 12.2 Å². The van der Waals surface area contributed by atoms with Crippen LogP contribution in [0.5, 0.6) is 0 Å². The summed E-state index contributed by atoms with van der Waals surface area (Å²) in [6.45, 7) is 2.63. The van der Waals surface area contributed by atoms with E-state index in [1.807, 2.05) is 0 Å². The SMILES string of the molecule is CC(C)(c1ncnc(Cl)c1F)C(O)(Cn1cncn1)c1ccc(F)cc1F. The molecule has 0 aliphatic rings. The van der Waals surface area contributed by atoms with Crippen LogP contribution < -0.4 is 0 Å². The topological polar surface area (TPSA) is 76.7 Å². The largest absolute Gasteiger partial charge is 0.382 e. The summed E-state index contributed by atoms with van der Waals surface area (Å²) in [7, 11) is 0. The van der Waals surface area contributed by atoms with Gasteiger partial charge in [-0.1, -0.05) is 31.5 Å². The molecular weight excluding hydrogens is 383 g/mol. The van der Waals surface area contributed by atoms with Crippen molar-refractivity contribution < 1.29 is 18.3 Å². The first kappa shape index (κ1) is 19.2. The predicted molar refractivity (Wildman–Crippen MR) is 90.3 cm³/mol. The lowest BCUT2D eigenvalue weighted by atomic mass is 9.68. The van der Waals surface area contributed by atoms with Crippen molar-refractivity contribution in [1.82, 2.24) is 24.7 Å². The molecule has 0 fully saturated rings. The molecule has 0 aliphatic heterocycles. The van der Waals surface area contributed by atoms with Crippen molar-refractivity contribution in [2.75, 3.05) is 0 Å². The smallest absolute Gasteiger partial charge is 0.182 e. The van der Waals surface area contributed by atoms with Gasteiger partial charge >= 0.3 is 0 Å². The van der Waals surface area contributed by atoms with Gasteiger partial charge in [0, 0.05) is 17.0 Å². The summed E-state index contributed by atoms with van der Waals surface area (Å²) in [4.78, 5) is 11.3. The van der Waals surface area contributed by atoms with E-state index in [0.29, 0.717) is 6.07 Å². The molecule has 1 N–H and O–H groups in total. The third-order valence-electron chi connectivity index (χ3n) is 4.61. The molecule has 2 aromatic heterocycles. The van der Waals surface area contributed by atoms with Gasteiger partial charge in [0.2, 0.25) is 0 Å². The van der Waals surface area contributed by atoms with E-state index < -0.39 is 33.6 Å². The number of benzene rings is 1. The zero-order chi connectivity index (χ0) is 19.8. The van der Waals surface area contributed by atoms with Crippen LogP contribution >= 0.6 is 11.6 Å². The third-order valence-corrected chi connectivity index (χ3v) is 4.87. The van der Waals surface area contributed by atoms with Gasteiger partial charge in [0.1, 0.15) is 36.2 Å². The number of hydrogen-bond acceptors (Lipinski definition) is 5. The van der Waals surface area contributed by atoms with E-state index in [9.17, 15) is 18.3 Å². The fourth-order valence-electron chi connectivity index (χ4n) is 2.97. The summed E-state index contributed by atoms with van der Waals surface area (Å²) in [5.41, 5.74) is -4.09. The van der Waals surface area contributed by atoms with E-state index in [1.54, 1.807) is 0 Å². The summed E-state index contributed by atoms with van der Waals surface area (Å²) in [6.07, 6.45) is 3.59. The Bertz CT molecular complexity index is 967. The summed E-state index contributed by atoms with van der Waals surface area (Å²) < 4.78 is 43.9. The average Bonchev–Trinajstić information content (AvgIpc) is 3.09. The van der Waals surface area contributed by atoms with Gasteiger partial charge in [-0.3, -0.25) is 0 Å². The van der Waals surface area contributed by atoms with Gasteiger partial charge < -0.3 is 5.11 Å². The Balaban J connectivity index is 2.24. The van der Waals surface area contributed by atoms with Gasteiger partial charge in [0.15, 0.2) is 11.0 Å². The highest BCUT2D eigenvalue weighted by atomic mass is 35.5. The first-order chi connectivity index (χ1) is 12.7. The van der Waals surface area contributed by atoms with Crippen molar-refractivity contribution in [1.29, 1.82) is 0 Å². The van der Waals surface area contributed by atoms with Crippen LogP contribution in [0.1, 0.15) is 25.1 Å². The Hall–Kier alpha value is -2.52. The molecule has 27 heavy (non-hydrogen) atoms.